The van der Waals surface area contributed by atoms with Crippen LogP contribution in [0.15, 0.2) is 42.6 Å². The number of fused-ring (bicyclic) bond motifs is 1. The lowest BCUT2D eigenvalue weighted by atomic mass is 9.87. The number of carbonyl (C=O) groups excluding carboxylic acids is 1. The number of pyridine rings is 1. The number of rotatable bonds is 3. The zero-order valence-corrected chi connectivity index (χ0v) is 17.0. The molecule has 2 aromatic rings. The highest BCUT2D eigenvalue weighted by molar-refractivity contribution is 5.94. The molecule has 0 saturated carbocycles. The lowest BCUT2D eigenvalue weighted by Crippen LogP contribution is -2.45. The second kappa shape index (κ2) is 7.92. The molecule has 0 N–H and O–H groups in total. The van der Waals surface area contributed by atoms with E-state index < -0.39 is 0 Å². The minimum absolute atomic E-state index is 0.0319. The second-order valence-corrected chi connectivity index (χ2v) is 8.09. The fourth-order valence-electron chi connectivity index (χ4n) is 4.54. The quantitative estimate of drug-likeness (QED) is 0.813. The summed E-state index contributed by atoms with van der Waals surface area (Å²) in [5.74, 6) is 0.939. The van der Waals surface area contributed by atoms with Crippen LogP contribution in [0.3, 0.4) is 0 Å². The number of aryl methyl sites for hydroxylation is 1. The van der Waals surface area contributed by atoms with Gasteiger partial charge in [0, 0.05) is 26.3 Å². The molecule has 1 amide bonds. The Hall–Kier alpha value is -2.40. The van der Waals surface area contributed by atoms with Crippen molar-refractivity contribution < 1.29 is 9.53 Å². The van der Waals surface area contributed by atoms with Crippen molar-refractivity contribution >= 4 is 11.7 Å². The first-order valence-corrected chi connectivity index (χ1v) is 10.2. The zero-order valence-electron chi connectivity index (χ0n) is 17.0. The molecule has 4 rings (SSSR count). The van der Waals surface area contributed by atoms with Crippen LogP contribution in [0.5, 0.6) is 0 Å². The standard InChI is InChI=1S/C23H29N3O2/c1-16-14-26(15-17(2)28-16)22-12-11-19(13-24-22)23(27)25(3)21-10-6-8-18-7-4-5-9-20(18)21/h4-5,7,9,11-13,16-17,21H,6,8,10,14-15H2,1-3H3. The van der Waals surface area contributed by atoms with Crippen molar-refractivity contribution in [2.75, 3.05) is 25.0 Å². The van der Waals surface area contributed by atoms with Gasteiger partial charge in [-0.1, -0.05) is 24.3 Å². The summed E-state index contributed by atoms with van der Waals surface area (Å²) in [6, 6.07) is 12.5. The molecule has 3 atom stereocenters. The number of amides is 1. The first-order valence-electron chi connectivity index (χ1n) is 10.2. The van der Waals surface area contributed by atoms with E-state index in [-0.39, 0.29) is 24.2 Å². The Labute approximate surface area is 167 Å². The van der Waals surface area contributed by atoms with Crippen LogP contribution in [-0.4, -0.2) is 48.1 Å². The fourth-order valence-corrected chi connectivity index (χ4v) is 4.54. The molecule has 0 bridgehead atoms. The van der Waals surface area contributed by atoms with Gasteiger partial charge < -0.3 is 14.5 Å². The van der Waals surface area contributed by atoms with E-state index in [2.05, 4.69) is 48.0 Å². The molecule has 2 heterocycles. The summed E-state index contributed by atoms with van der Waals surface area (Å²) < 4.78 is 5.80. The van der Waals surface area contributed by atoms with Crippen molar-refractivity contribution in [3.63, 3.8) is 0 Å². The Morgan fingerprint density at radius 1 is 1.14 bits per heavy atom. The van der Waals surface area contributed by atoms with Crippen molar-refractivity contribution in [2.24, 2.45) is 0 Å². The highest BCUT2D eigenvalue weighted by Gasteiger charge is 2.28. The van der Waals surface area contributed by atoms with Gasteiger partial charge >= 0.3 is 0 Å². The predicted octanol–water partition coefficient (Wildman–Crippen LogP) is 3.84. The molecule has 1 fully saturated rings. The lowest BCUT2D eigenvalue weighted by molar-refractivity contribution is -0.00546. The molecular formula is C23H29N3O2. The average molecular weight is 380 g/mol. The van der Waals surface area contributed by atoms with Gasteiger partial charge in [-0.2, -0.15) is 0 Å². The molecule has 5 heteroatoms. The number of benzene rings is 1. The van der Waals surface area contributed by atoms with Crippen molar-refractivity contribution in [2.45, 2.75) is 51.4 Å². The van der Waals surface area contributed by atoms with Gasteiger partial charge in [0.2, 0.25) is 0 Å². The van der Waals surface area contributed by atoms with E-state index in [0.717, 1.165) is 38.2 Å². The minimum Gasteiger partial charge on any atom is -0.372 e. The molecule has 0 spiro atoms. The van der Waals surface area contributed by atoms with Crippen LogP contribution in [0.1, 0.15) is 54.2 Å². The molecule has 148 valence electrons. The lowest BCUT2D eigenvalue weighted by Gasteiger charge is -2.36. The Bertz CT molecular complexity index is 826. The van der Waals surface area contributed by atoms with Gasteiger partial charge in [0.1, 0.15) is 5.82 Å². The van der Waals surface area contributed by atoms with Crippen LogP contribution in [0, 0.1) is 0 Å². The summed E-state index contributed by atoms with van der Waals surface area (Å²) in [5.41, 5.74) is 3.29. The van der Waals surface area contributed by atoms with Crippen LogP contribution in [0.2, 0.25) is 0 Å². The Morgan fingerprint density at radius 3 is 2.61 bits per heavy atom. The molecule has 28 heavy (non-hydrogen) atoms. The largest absolute Gasteiger partial charge is 0.372 e. The van der Waals surface area contributed by atoms with Crippen LogP contribution in [0.4, 0.5) is 5.82 Å². The fraction of sp³-hybridized carbons (Fsp3) is 0.478. The van der Waals surface area contributed by atoms with E-state index in [0.29, 0.717) is 5.56 Å². The van der Waals surface area contributed by atoms with Gasteiger partial charge in [0.25, 0.3) is 5.91 Å². The normalized spacial score (nSPS) is 24.5. The molecule has 2 aliphatic rings. The number of nitrogens with zero attached hydrogens (tertiary/aromatic N) is 3. The second-order valence-electron chi connectivity index (χ2n) is 8.09. The summed E-state index contributed by atoms with van der Waals surface area (Å²) in [6.45, 7) is 5.81. The van der Waals surface area contributed by atoms with Gasteiger partial charge in [0.15, 0.2) is 0 Å². The third-order valence-corrected chi connectivity index (χ3v) is 5.86. The van der Waals surface area contributed by atoms with Crippen LogP contribution >= 0.6 is 0 Å². The number of ether oxygens (including phenoxy) is 1. The number of carbonyl (C=O) groups is 1. The molecule has 1 aliphatic heterocycles. The predicted molar refractivity (Wildman–Crippen MR) is 111 cm³/mol. The van der Waals surface area contributed by atoms with Crippen molar-refractivity contribution in [3.05, 3.63) is 59.3 Å². The first kappa shape index (κ1) is 18.9. The van der Waals surface area contributed by atoms with Gasteiger partial charge in [0.05, 0.1) is 23.8 Å². The highest BCUT2D eigenvalue weighted by atomic mass is 16.5. The van der Waals surface area contributed by atoms with Gasteiger partial charge in [-0.3, -0.25) is 4.79 Å². The third kappa shape index (κ3) is 3.76. The van der Waals surface area contributed by atoms with E-state index in [4.69, 9.17) is 4.74 Å². The van der Waals surface area contributed by atoms with Crippen LogP contribution < -0.4 is 4.90 Å². The molecule has 1 saturated heterocycles. The van der Waals surface area contributed by atoms with E-state index in [1.165, 1.54) is 11.1 Å². The molecule has 1 aliphatic carbocycles. The summed E-state index contributed by atoms with van der Waals surface area (Å²) in [6.07, 6.45) is 5.31. The summed E-state index contributed by atoms with van der Waals surface area (Å²) >= 11 is 0. The smallest absolute Gasteiger partial charge is 0.255 e. The summed E-state index contributed by atoms with van der Waals surface area (Å²) in [4.78, 5) is 21.8. The van der Waals surface area contributed by atoms with Crippen molar-refractivity contribution in [1.29, 1.82) is 0 Å². The topological polar surface area (TPSA) is 45.7 Å². The van der Waals surface area contributed by atoms with Gasteiger partial charge in [-0.05, 0) is 56.4 Å². The average Bonchev–Trinajstić information content (AvgIpc) is 2.71. The Morgan fingerprint density at radius 2 is 1.89 bits per heavy atom. The maximum atomic E-state index is 13.1. The number of hydrogen-bond acceptors (Lipinski definition) is 4. The van der Waals surface area contributed by atoms with E-state index in [1.807, 2.05) is 24.1 Å². The summed E-state index contributed by atoms with van der Waals surface area (Å²) in [5, 5.41) is 0. The van der Waals surface area contributed by atoms with Crippen molar-refractivity contribution in [1.82, 2.24) is 9.88 Å². The minimum atomic E-state index is 0.0319. The maximum absolute atomic E-state index is 13.1. The van der Waals surface area contributed by atoms with Gasteiger partial charge in [-0.15, -0.1) is 0 Å². The Balaban J connectivity index is 1.49. The number of aromatic nitrogens is 1. The molecule has 3 unspecified atom stereocenters. The van der Waals surface area contributed by atoms with E-state index in [1.54, 1.807) is 6.20 Å². The molecule has 5 nitrogen and oxygen atoms in total. The van der Waals surface area contributed by atoms with Crippen molar-refractivity contribution in [3.8, 4) is 0 Å². The number of anilines is 1. The summed E-state index contributed by atoms with van der Waals surface area (Å²) in [7, 11) is 1.91. The highest BCUT2D eigenvalue weighted by Crippen LogP contribution is 2.34. The van der Waals surface area contributed by atoms with Crippen LogP contribution in [-0.2, 0) is 11.2 Å². The van der Waals surface area contributed by atoms with Gasteiger partial charge in [-0.25, -0.2) is 4.98 Å². The third-order valence-electron chi connectivity index (χ3n) is 5.86. The monoisotopic (exact) mass is 379 g/mol. The Kier molecular flexibility index (Phi) is 5.36. The SMILES string of the molecule is CC1CN(c2ccc(C(=O)N(C)C3CCCc4ccccc43)cn2)CC(C)O1. The maximum Gasteiger partial charge on any atom is 0.255 e. The molecular weight excluding hydrogens is 350 g/mol. The number of morpholine rings is 1. The molecule has 1 aromatic carbocycles. The molecule has 0 radical (unpaired) electrons. The van der Waals surface area contributed by atoms with E-state index in [9.17, 15) is 4.79 Å². The van der Waals surface area contributed by atoms with Crippen LogP contribution in [0.25, 0.3) is 0 Å². The first-order chi connectivity index (χ1) is 13.5. The van der Waals surface area contributed by atoms with E-state index >= 15 is 0 Å². The zero-order chi connectivity index (χ0) is 19.7. The number of hydrogen-bond donors (Lipinski definition) is 0. The molecule has 1 aromatic heterocycles.